The molecule has 1 aliphatic heterocycles. The zero-order valence-electron chi connectivity index (χ0n) is 28.2. The van der Waals surface area contributed by atoms with E-state index in [0.717, 1.165) is 25.7 Å². The Labute approximate surface area is 286 Å². The van der Waals surface area contributed by atoms with Crippen LogP contribution in [0.5, 0.6) is 5.75 Å². The SMILES string of the molecule is CCCN1CCCCOc2cc(F)cc(c2)CC(C(O)CNC2(c3cccc(CC)c3)CC2)NC(=O)c2cc(cc(-c3ncco3)c2)C1=O. The summed E-state index contributed by atoms with van der Waals surface area (Å²) in [5.74, 6) is -0.482. The van der Waals surface area contributed by atoms with E-state index in [9.17, 15) is 19.1 Å². The molecule has 0 radical (unpaired) electrons. The third-order valence-corrected chi connectivity index (χ3v) is 9.45. The van der Waals surface area contributed by atoms with Crippen molar-refractivity contribution in [3.05, 3.63) is 107 Å². The molecule has 49 heavy (non-hydrogen) atoms. The van der Waals surface area contributed by atoms with E-state index >= 15 is 0 Å². The van der Waals surface area contributed by atoms with Gasteiger partial charge in [0.05, 0.1) is 24.9 Å². The van der Waals surface area contributed by atoms with Gasteiger partial charge in [-0.25, -0.2) is 9.37 Å². The number of benzene rings is 3. The summed E-state index contributed by atoms with van der Waals surface area (Å²) in [5.41, 5.74) is 3.83. The largest absolute Gasteiger partial charge is 0.493 e. The Morgan fingerprint density at radius 3 is 2.63 bits per heavy atom. The Balaban J connectivity index is 1.33. The average Bonchev–Trinajstić information content (AvgIpc) is 3.70. The van der Waals surface area contributed by atoms with Gasteiger partial charge in [-0.15, -0.1) is 0 Å². The molecule has 4 aromatic rings. The number of nitrogens with zero attached hydrogens (tertiary/aromatic N) is 2. The van der Waals surface area contributed by atoms with Gasteiger partial charge in [-0.3, -0.25) is 9.59 Å². The van der Waals surface area contributed by atoms with Crippen LogP contribution in [-0.2, 0) is 18.4 Å². The molecule has 0 spiro atoms. The number of carbonyl (C=O) groups excluding carboxylic acids is 2. The molecule has 2 unspecified atom stereocenters. The molecule has 1 saturated carbocycles. The maximum atomic E-state index is 14.9. The van der Waals surface area contributed by atoms with Gasteiger partial charge < -0.3 is 29.8 Å². The number of amides is 2. The third-order valence-electron chi connectivity index (χ3n) is 9.45. The van der Waals surface area contributed by atoms with E-state index in [0.29, 0.717) is 55.0 Å². The molecule has 4 bridgehead atoms. The van der Waals surface area contributed by atoms with E-state index in [1.807, 2.05) is 6.92 Å². The van der Waals surface area contributed by atoms with Crippen LogP contribution in [0.3, 0.4) is 0 Å². The fraction of sp³-hybridized carbons (Fsp3) is 0.410. The number of aryl methyl sites for hydroxylation is 1. The number of halogens is 1. The molecule has 1 aliphatic carbocycles. The van der Waals surface area contributed by atoms with Gasteiger partial charge in [0.15, 0.2) is 0 Å². The summed E-state index contributed by atoms with van der Waals surface area (Å²) in [7, 11) is 0. The summed E-state index contributed by atoms with van der Waals surface area (Å²) >= 11 is 0. The predicted octanol–water partition coefficient (Wildman–Crippen LogP) is 6.05. The predicted molar refractivity (Wildman–Crippen MR) is 185 cm³/mol. The summed E-state index contributed by atoms with van der Waals surface area (Å²) in [6.07, 6.45) is 6.99. The highest BCUT2D eigenvalue weighted by molar-refractivity contribution is 6.01. The van der Waals surface area contributed by atoms with E-state index in [1.54, 1.807) is 29.2 Å². The highest BCUT2D eigenvalue weighted by Gasteiger charge is 2.44. The molecule has 0 saturated heterocycles. The fourth-order valence-corrected chi connectivity index (χ4v) is 6.57. The van der Waals surface area contributed by atoms with Gasteiger partial charge in [0.2, 0.25) is 5.89 Å². The molecule has 258 valence electrons. The number of carbonyl (C=O) groups is 2. The molecule has 1 fully saturated rings. The van der Waals surface area contributed by atoms with Crippen molar-refractivity contribution in [2.24, 2.45) is 0 Å². The van der Waals surface area contributed by atoms with E-state index in [-0.39, 0.29) is 35.9 Å². The normalized spacial score (nSPS) is 18.7. The minimum Gasteiger partial charge on any atom is -0.493 e. The number of hydrogen-bond donors (Lipinski definition) is 3. The lowest BCUT2D eigenvalue weighted by Gasteiger charge is -2.28. The Morgan fingerprint density at radius 1 is 1.06 bits per heavy atom. The van der Waals surface area contributed by atoms with Crippen LogP contribution in [0, 0.1) is 5.82 Å². The monoisotopic (exact) mass is 668 g/mol. The van der Waals surface area contributed by atoms with Crippen molar-refractivity contribution in [3.63, 3.8) is 0 Å². The number of oxazole rings is 1. The Morgan fingerprint density at radius 2 is 1.88 bits per heavy atom. The van der Waals surface area contributed by atoms with Gasteiger partial charge in [0.25, 0.3) is 11.8 Å². The molecule has 1 aromatic heterocycles. The van der Waals surface area contributed by atoms with Gasteiger partial charge in [-0.05, 0) is 92.0 Å². The van der Waals surface area contributed by atoms with Crippen molar-refractivity contribution < 1.29 is 28.2 Å². The fourth-order valence-electron chi connectivity index (χ4n) is 6.57. The van der Waals surface area contributed by atoms with Crippen molar-refractivity contribution >= 4 is 11.8 Å². The Hall–Kier alpha value is -4.54. The molecule has 3 aromatic carbocycles. The van der Waals surface area contributed by atoms with Crippen molar-refractivity contribution in [1.29, 1.82) is 0 Å². The van der Waals surface area contributed by atoms with E-state index in [2.05, 4.69) is 46.8 Å². The first-order valence-corrected chi connectivity index (χ1v) is 17.4. The summed E-state index contributed by atoms with van der Waals surface area (Å²) in [6.45, 7) is 5.74. The third kappa shape index (κ3) is 8.37. The minimum atomic E-state index is -1.03. The molecule has 2 aliphatic rings. The molecule has 2 amide bonds. The molecule has 3 N–H and O–H groups in total. The summed E-state index contributed by atoms with van der Waals surface area (Å²) in [6, 6.07) is 17.1. The lowest BCUT2D eigenvalue weighted by molar-refractivity contribution is 0.0750. The molecule has 2 heterocycles. The second-order valence-corrected chi connectivity index (χ2v) is 13.1. The zero-order chi connectivity index (χ0) is 34.4. The summed E-state index contributed by atoms with van der Waals surface area (Å²) < 4.78 is 26.3. The lowest BCUT2D eigenvalue weighted by atomic mass is 9.97. The number of aliphatic hydroxyl groups excluding tert-OH is 1. The first-order valence-electron chi connectivity index (χ1n) is 17.4. The van der Waals surface area contributed by atoms with Gasteiger partial charge in [0.1, 0.15) is 17.8 Å². The Kier molecular flexibility index (Phi) is 10.7. The van der Waals surface area contributed by atoms with Crippen LogP contribution in [-0.4, -0.2) is 65.2 Å². The van der Waals surface area contributed by atoms with E-state index in [4.69, 9.17) is 9.15 Å². The number of nitrogens with one attached hydrogen (secondary N) is 2. The summed E-state index contributed by atoms with van der Waals surface area (Å²) in [5, 5.41) is 18.3. The maximum absolute atomic E-state index is 14.9. The highest BCUT2D eigenvalue weighted by Crippen LogP contribution is 2.45. The van der Waals surface area contributed by atoms with Crippen molar-refractivity contribution in [1.82, 2.24) is 20.5 Å². The van der Waals surface area contributed by atoms with E-state index < -0.39 is 23.9 Å². The number of rotatable bonds is 9. The van der Waals surface area contributed by atoms with Crippen LogP contribution in [0.1, 0.15) is 83.4 Å². The first kappa shape index (κ1) is 34.3. The molecule has 10 heteroatoms. The van der Waals surface area contributed by atoms with E-state index in [1.165, 1.54) is 35.7 Å². The topological polar surface area (TPSA) is 117 Å². The molecular weight excluding hydrogens is 623 g/mol. The second kappa shape index (κ2) is 15.3. The van der Waals surface area contributed by atoms with Crippen LogP contribution in [0.15, 0.2) is 77.5 Å². The van der Waals surface area contributed by atoms with Crippen molar-refractivity contribution in [2.45, 2.75) is 76.5 Å². The second-order valence-electron chi connectivity index (χ2n) is 13.1. The van der Waals surface area contributed by atoms with Crippen molar-refractivity contribution in [3.8, 4) is 17.2 Å². The molecule has 9 nitrogen and oxygen atoms in total. The molecule has 2 atom stereocenters. The smallest absolute Gasteiger partial charge is 0.253 e. The van der Waals surface area contributed by atoms with Crippen molar-refractivity contribution in [2.75, 3.05) is 26.2 Å². The van der Waals surface area contributed by atoms with Crippen LogP contribution in [0.2, 0.25) is 0 Å². The van der Waals surface area contributed by atoms with Crippen LogP contribution in [0.4, 0.5) is 4.39 Å². The van der Waals surface area contributed by atoms with Crippen LogP contribution in [0.25, 0.3) is 11.5 Å². The van der Waals surface area contributed by atoms with Gasteiger partial charge >= 0.3 is 0 Å². The van der Waals surface area contributed by atoms with Crippen LogP contribution >= 0.6 is 0 Å². The van der Waals surface area contributed by atoms with Crippen LogP contribution < -0.4 is 15.4 Å². The number of hydrogen-bond acceptors (Lipinski definition) is 7. The zero-order valence-corrected chi connectivity index (χ0v) is 28.2. The van der Waals surface area contributed by atoms with Gasteiger partial charge in [-0.1, -0.05) is 38.1 Å². The number of aromatic nitrogens is 1. The number of fused-ring (bicyclic) bond motifs is 4. The number of aliphatic hydroxyl groups is 1. The Bertz CT molecular complexity index is 1760. The summed E-state index contributed by atoms with van der Waals surface area (Å²) in [4.78, 5) is 34.0. The quantitative estimate of drug-likeness (QED) is 0.199. The molecular formula is C39H45FN4O5. The maximum Gasteiger partial charge on any atom is 0.253 e. The molecule has 6 rings (SSSR count). The van der Waals surface area contributed by atoms with Gasteiger partial charge in [-0.2, -0.15) is 0 Å². The highest BCUT2D eigenvalue weighted by atomic mass is 19.1. The van der Waals surface area contributed by atoms with Gasteiger partial charge in [0, 0.05) is 47.9 Å². The minimum absolute atomic E-state index is 0.149. The average molecular weight is 669 g/mol. The number of ether oxygens (including phenoxy) is 1. The standard InChI is InChI=1S/C39H45FN4O5/c1-3-13-44-14-5-6-15-48-33-19-27(18-32(40)24-33)20-34(35(45)25-42-39(10-11-39)31-9-7-8-26(4-2)17-31)43-36(46)28-21-29(37-41-12-16-49-37)23-30(22-28)38(44)47/h7-9,12,16-19,21-24,34-35,42,45H,3-6,10-11,13-15,20,25H2,1-2H3,(H,43,46). The first-order chi connectivity index (χ1) is 23.8. The lowest BCUT2D eigenvalue weighted by Crippen LogP contribution is -2.50.